The van der Waals surface area contributed by atoms with Crippen LogP contribution < -0.4 is 5.73 Å². The Kier molecular flexibility index (Phi) is 4.20. The molecule has 0 spiro atoms. The summed E-state index contributed by atoms with van der Waals surface area (Å²) in [5, 5.41) is 9.25. The van der Waals surface area contributed by atoms with Crippen LogP contribution in [-0.4, -0.2) is 21.1 Å². The molecule has 21 heavy (non-hydrogen) atoms. The minimum absolute atomic E-state index is 0.380. The number of rotatable bonds is 3. The Morgan fingerprint density at radius 1 is 1.14 bits per heavy atom. The van der Waals surface area contributed by atoms with Crippen molar-refractivity contribution in [3.63, 3.8) is 0 Å². The summed E-state index contributed by atoms with van der Waals surface area (Å²) in [6, 6.07) is 14.0. The average Bonchev–Trinajstić information content (AvgIpc) is 2.95. The van der Waals surface area contributed by atoms with Crippen molar-refractivity contribution in [1.29, 1.82) is 0 Å². The summed E-state index contributed by atoms with van der Waals surface area (Å²) in [4.78, 5) is 0. The van der Waals surface area contributed by atoms with Gasteiger partial charge in [-0.3, -0.25) is 4.40 Å². The molecule has 0 saturated heterocycles. The molecule has 4 nitrogen and oxygen atoms in total. The third-order valence-electron chi connectivity index (χ3n) is 2.91. The molecule has 3 aromatic rings. The lowest BCUT2D eigenvalue weighted by molar-refractivity contribution is 0.921. The molecule has 0 unspecified atom stereocenters. The van der Waals surface area contributed by atoms with Crippen LogP contribution in [0.15, 0.2) is 53.8 Å². The summed E-state index contributed by atoms with van der Waals surface area (Å²) in [5.74, 6) is 6.75. The van der Waals surface area contributed by atoms with E-state index in [0.29, 0.717) is 6.54 Å². The van der Waals surface area contributed by atoms with Crippen LogP contribution in [0.2, 0.25) is 0 Å². The van der Waals surface area contributed by atoms with Gasteiger partial charge in [-0.2, -0.15) is 0 Å². The maximum absolute atomic E-state index is 5.39. The highest BCUT2D eigenvalue weighted by molar-refractivity contribution is 7.98. The molecule has 0 saturated carbocycles. The number of fused-ring (bicyclic) bond motifs is 1. The predicted molar refractivity (Wildman–Crippen MR) is 84.9 cm³/mol. The Balaban J connectivity index is 1.75. The third kappa shape index (κ3) is 3.24. The van der Waals surface area contributed by atoms with Gasteiger partial charge in [-0.25, -0.2) is 0 Å². The molecule has 0 aliphatic heterocycles. The van der Waals surface area contributed by atoms with E-state index < -0.39 is 0 Å². The summed E-state index contributed by atoms with van der Waals surface area (Å²) in [7, 11) is 0. The first-order valence-electron chi connectivity index (χ1n) is 6.57. The van der Waals surface area contributed by atoms with Gasteiger partial charge in [0.2, 0.25) is 0 Å². The van der Waals surface area contributed by atoms with Crippen molar-refractivity contribution in [2.75, 3.05) is 6.54 Å². The lowest BCUT2D eigenvalue weighted by Gasteiger charge is -2.01. The molecule has 2 heterocycles. The number of benzene rings is 1. The Labute approximate surface area is 127 Å². The highest BCUT2D eigenvalue weighted by Crippen LogP contribution is 2.21. The maximum atomic E-state index is 5.39. The molecule has 0 fully saturated rings. The predicted octanol–water partition coefficient (Wildman–Crippen LogP) is 2.33. The SMILES string of the molecule is NCC#Cc1cccc(CSc2nnc3ccccn23)c1. The van der Waals surface area contributed by atoms with E-state index in [4.69, 9.17) is 5.73 Å². The minimum Gasteiger partial charge on any atom is -0.320 e. The van der Waals surface area contributed by atoms with Crippen LogP contribution in [0.1, 0.15) is 11.1 Å². The fraction of sp³-hybridized carbons (Fsp3) is 0.125. The van der Waals surface area contributed by atoms with Crippen molar-refractivity contribution in [1.82, 2.24) is 14.6 Å². The van der Waals surface area contributed by atoms with Crippen LogP contribution in [0.25, 0.3) is 5.65 Å². The normalized spacial score (nSPS) is 10.3. The lowest BCUT2D eigenvalue weighted by Crippen LogP contribution is -1.93. The van der Waals surface area contributed by atoms with Crippen LogP contribution in [-0.2, 0) is 5.75 Å². The molecule has 1 aromatic carbocycles. The van der Waals surface area contributed by atoms with Crippen LogP contribution in [0, 0.1) is 11.8 Å². The molecule has 5 heteroatoms. The highest BCUT2D eigenvalue weighted by atomic mass is 32.2. The van der Waals surface area contributed by atoms with Gasteiger partial charge < -0.3 is 5.73 Å². The van der Waals surface area contributed by atoms with Crippen molar-refractivity contribution in [2.24, 2.45) is 5.73 Å². The minimum atomic E-state index is 0.380. The standard InChI is InChI=1S/C16H14N4S/c17-9-4-7-13-5-3-6-14(11-13)12-21-16-19-18-15-8-1-2-10-20(15)16/h1-3,5-6,8,10-11H,9,12,17H2. The van der Waals surface area contributed by atoms with Crippen molar-refractivity contribution < 1.29 is 0 Å². The monoisotopic (exact) mass is 294 g/mol. The van der Waals surface area contributed by atoms with Gasteiger partial charge in [0.1, 0.15) is 0 Å². The van der Waals surface area contributed by atoms with E-state index in [2.05, 4.69) is 34.2 Å². The van der Waals surface area contributed by atoms with Gasteiger partial charge in [-0.05, 0) is 29.8 Å². The summed E-state index contributed by atoms with van der Waals surface area (Å²) in [5.41, 5.74) is 8.45. The van der Waals surface area contributed by atoms with Gasteiger partial charge in [0.15, 0.2) is 10.8 Å². The fourth-order valence-electron chi connectivity index (χ4n) is 1.96. The second kappa shape index (κ2) is 6.44. The van der Waals surface area contributed by atoms with Gasteiger partial charge >= 0.3 is 0 Å². The number of nitrogens with zero attached hydrogens (tertiary/aromatic N) is 3. The van der Waals surface area contributed by atoms with Gasteiger partial charge in [0, 0.05) is 17.5 Å². The van der Waals surface area contributed by atoms with Crippen molar-refractivity contribution in [2.45, 2.75) is 10.9 Å². The van der Waals surface area contributed by atoms with Gasteiger partial charge in [-0.15, -0.1) is 10.2 Å². The molecular formula is C16H14N4S. The van der Waals surface area contributed by atoms with E-state index in [1.807, 2.05) is 40.9 Å². The van der Waals surface area contributed by atoms with Crippen molar-refractivity contribution in [3.05, 3.63) is 59.8 Å². The zero-order chi connectivity index (χ0) is 14.5. The Bertz CT molecular complexity index is 814. The van der Waals surface area contributed by atoms with E-state index in [0.717, 1.165) is 22.1 Å². The number of hydrogen-bond acceptors (Lipinski definition) is 4. The smallest absolute Gasteiger partial charge is 0.195 e. The topological polar surface area (TPSA) is 56.2 Å². The lowest BCUT2D eigenvalue weighted by atomic mass is 10.1. The van der Waals surface area contributed by atoms with E-state index in [9.17, 15) is 0 Å². The highest BCUT2D eigenvalue weighted by Gasteiger charge is 2.05. The molecule has 2 N–H and O–H groups in total. The molecular weight excluding hydrogens is 280 g/mol. The van der Waals surface area contributed by atoms with Gasteiger partial charge in [0.05, 0.1) is 6.54 Å². The summed E-state index contributed by atoms with van der Waals surface area (Å²) < 4.78 is 1.99. The maximum Gasteiger partial charge on any atom is 0.195 e. The molecule has 0 aliphatic rings. The van der Waals surface area contributed by atoms with Crippen LogP contribution in [0.5, 0.6) is 0 Å². The Morgan fingerprint density at radius 3 is 3.00 bits per heavy atom. The zero-order valence-corrected chi connectivity index (χ0v) is 12.2. The van der Waals surface area contributed by atoms with E-state index in [1.54, 1.807) is 11.8 Å². The number of hydrogen-bond donors (Lipinski definition) is 1. The molecule has 3 rings (SSSR count). The first-order chi connectivity index (χ1) is 10.4. The van der Waals surface area contributed by atoms with Crippen LogP contribution in [0.4, 0.5) is 0 Å². The first kappa shape index (κ1) is 13.7. The van der Waals surface area contributed by atoms with E-state index in [1.165, 1.54) is 5.56 Å². The molecule has 2 aromatic heterocycles. The fourth-order valence-corrected chi connectivity index (χ4v) is 2.83. The Morgan fingerprint density at radius 2 is 2.10 bits per heavy atom. The molecule has 0 bridgehead atoms. The summed E-state index contributed by atoms with van der Waals surface area (Å²) >= 11 is 1.66. The van der Waals surface area contributed by atoms with Crippen LogP contribution in [0.3, 0.4) is 0 Å². The number of thioether (sulfide) groups is 1. The molecule has 0 amide bonds. The summed E-state index contributed by atoms with van der Waals surface area (Å²) in [6.07, 6.45) is 1.97. The van der Waals surface area contributed by atoms with Crippen molar-refractivity contribution >= 4 is 17.4 Å². The third-order valence-corrected chi connectivity index (χ3v) is 3.93. The Hall–Kier alpha value is -2.29. The van der Waals surface area contributed by atoms with E-state index in [-0.39, 0.29) is 0 Å². The van der Waals surface area contributed by atoms with Crippen molar-refractivity contribution in [3.8, 4) is 11.8 Å². The van der Waals surface area contributed by atoms with Gasteiger partial charge in [0.25, 0.3) is 0 Å². The van der Waals surface area contributed by atoms with Gasteiger partial charge in [-0.1, -0.05) is 41.8 Å². The summed E-state index contributed by atoms with van der Waals surface area (Å²) in [6.45, 7) is 0.380. The molecule has 104 valence electrons. The molecule has 0 atom stereocenters. The van der Waals surface area contributed by atoms with Crippen LogP contribution >= 0.6 is 11.8 Å². The number of aromatic nitrogens is 3. The largest absolute Gasteiger partial charge is 0.320 e. The zero-order valence-electron chi connectivity index (χ0n) is 11.4. The molecule has 0 aliphatic carbocycles. The number of pyridine rings is 1. The molecule has 0 radical (unpaired) electrons. The second-order valence-electron chi connectivity index (χ2n) is 4.41. The second-order valence-corrected chi connectivity index (χ2v) is 5.35. The first-order valence-corrected chi connectivity index (χ1v) is 7.56. The number of nitrogens with two attached hydrogens (primary N) is 1. The average molecular weight is 294 g/mol. The quantitative estimate of drug-likeness (QED) is 0.595. The van der Waals surface area contributed by atoms with E-state index >= 15 is 0 Å².